The van der Waals surface area contributed by atoms with E-state index in [-0.39, 0.29) is 11.4 Å². The maximum atomic E-state index is 12.4. The number of β-amino-alcohol motifs (C(OH)–C–C–N with tert-alkyl or cyclic N) is 1. The summed E-state index contributed by atoms with van der Waals surface area (Å²) >= 11 is 5.98. The Morgan fingerprint density at radius 2 is 2.11 bits per heavy atom. The molecule has 3 N–H and O–H groups in total. The molecule has 0 amide bonds. The van der Waals surface area contributed by atoms with Gasteiger partial charge in [-0.2, -0.15) is 4.31 Å². The van der Waals surface area contributed by atoms with E-state index in [1.54, 1.807) is 13.8 Å². The highest BCUT2D eigenvalue weighted by atomic mass is 35.5. The second kappa shape index (κ2) is 4.63. The zero-order valence-corrected chi connectivity index (χ0v) is 12.4. The molecule has 2 rings (SSSR count). The van der Waals surface area contributed by atoms with E-state index in [1.165, 1.54) is 16.4 Å². The highest BCUT2D eigenvalue weighted by Gasteiger charge is 2.38. The summed E-state index contributed by atoms with van der Waals surface area (Å²) in [6, 6.07) is 2.80. The van der Waals surface area contributed by atoms with Crippen LogP contribution in [-0.2, 0) is 10.0 Å². The summed E-state index contributed by atoms with van der Waals surface area (Å²) in [6.45, 7) is 3.73. The van der Waals surface area contributed by atoms with Gasteiger partial charge in [-0.25, -0.2) is 8.42 Å². The van der Waals surface area contributed by atoms with E-state index in [1.807, 2.05) is 0 Å². The van der Waals surface area contributed by atoms with Gasteiger partial charge in [-0.3, -0.25) is 0 Å². The smallest absolute Gasteiger partial charge is 0.243 e. The first kappa shape index (κ1) is 14.6. The van der Waals surface area contributed by atoms with Crippen molar-refractivity contribution in [2.45, 2.75) is 30.8 Å². The van der Waals surface area contributed by atoms with Crippen molar-refractivity contribution in [3.8, 4) is 0 Å². The lowest BCUT2D eigenvalue weighted by molar-refractivity contribution is 0.0762. The number of aliphatic hydroxyl groups is 1. The predicted octanol–water partition coefficient (Wildman–Crippen LogP) is 1.38. The minimum Gasteiger partial charge on any atom is -0.398 e. The van der Waals surface area contributed by atoms with Crippen molar-refractivity contribution in [3.63, 3.8) is 0 Å². The van der Waals surface area contributed by atoms with Gasteiger partial charge in [0.05, 0.1) is 10.5 Å². The zero-order chi connectivity index (χ0) is 14.4. The van der Waals surface area contributed by atoms with Crippen molar-refractivity contribution in [3.05, 3.63) is 22.7 Å². The molecule has 0 spiro atoms. The number of hydrogen-bond acceptors (Lipinski definition) is 4. The van der Waals surface area contributed by atoms with Gasteiger partial charge in [0.2, 0.25) is 10.0 Å². The van der Waals surface area contributed by atoms with Crippen LogP contribution >= 0.6 is 11.6 Å². The molecule has 1 atom stereocenters. The van der Waals surface area contributed by atoms with Gasteiger partial charge in [-0.15, -0.1) is 0 Å². The molecule has 106 valence electrons. The monoisotopic (exact) mass is 304 g/mol. The van der Waals surface area contributed by atoms with E-state index < -0.39 is 15.6 Å². The second-order valence-electron chi connectivity index (χ2n) is 5.20. The minimum atomic E-state index is -3.66. The van der Waals surface area contributed by atoms with Crippen LogP contribution in [0.15, 0.2) is 17.0 Å². The molecule has 1 aromatic carbocycles. The Morgan fingerprint density at radius 1 is 1.47 bits per heavy atom. The molecule has 1 aliphatic rings. The lowest BCUT2D eigenvalue weighted by Crippen LogP contribution is -2.34. The lowest BCUT2D eigenvalue weighted by atomic mass is 10.1. The van der Waals surface area contributed by atoms with Crippen LogP contribution in [0.4, 0.5) is 5.69 Å². The Hall–Kier alpha value is -0.820. The standard InChI is InChI=1S/C12H17ClN2O3S/c1-8-10(13)5-9(6-11(8)14)19(17,18)15-4-3-12(2,16)7-15/h5-6,16H,3-4,7,14H2,1-2H3. The van der Waals surface area contributed by atoms with Crippen LogP contribution in [0.1, 0.15) is 18.9 Å². The van der Waals surface area contributed by atoms with E-state index >= 15 is 0 Å². The fourth-order valence-electron chi connectivity index (χ4n) is 2.08. The van der Waals surface area contributed by atoms with Crippen molar-refractivity contribution in [2.24, 2.45) is 0 Å². The summed E-state index contributed by atoms with van der Waals surface area (Å²) in [5, 5.41) is 10.2. The number of nitrogen functional groups attached to an aromatic ring is 1. The highest BCUT2D eigenvalue weighted by Crippen LogP contribution is 2.31. The Morgan fingerprint density at radius 3 is 2.58 bits per heavy atom. The van der Waals surface area contributed by atoms with Gasteiger partial charge >= 0.3 is 0 Å². The quantitative estimate of drug-likeness (QED) is 0.809. The lowest BCUT2D eigenvalue weighted by Gasteiger charge is -2.19. The topological polar surface area (TPSA) is 83.6 Å². The molecule has 5 nitrogen and oxygen atoms in total. The second-order valence-corrected chi connectivity index (χ2v) is 7.55. The van der Waals surface area contributed by atoms with E-state index in [2.05, 4.69) is 0 Å². The van der Waals surface area contributed by atoms with Gasteiger partial charge in [0.1, 0.15) is 0 Å². The molecule has 0 aromatic heterocycles. The summed E-state index contributed by atoms with van der Waals surface area (Å²) in [7, 11) is -3.66. The first-order valence-corrected chi connectivity index (χ1v) is 7.73. The Bertz CT molecular complexity index is 590. The zero-order valence-electron chi connectivity index (χ0n) is 10.9. The van der Waals surface area contributed by atoms with Crippen LogP contribution in [-0.4, -0.2) is 36.5 Å². The number of benzene rings is 1. The average Bonchev–Trinajstić information content (AvgIpc) is 2.66. The molecular formula is C12H17ClN2O3S. The fourth-order valence-corrected chi connectivity index (χ4v) is 3.99. The fraction of sp³-hybridized carbons (Fsp3) is 0.500. The molecule has 1 unspecified atom stereocenters. The Kier molecular flexibility index (Phi) is 3.55. The molecule has 0 aliphatic carbocycles. The molecule has 0 radical (unpaired) electrons. The van der Waals surface area contributed by atoms with Crippen LogP contribution in [0, 0.1) is 6.92 Å². The number of sulfonamides is 1. The largest absolute Gasteiger partial charge is 0.398 e. The Balaban J connectivity index is 2.41. The van der Waals surface area contributed by atoms with Gasteiger partial charge in [-0.1, -0.05) is 11.6 Å². The predicted molar refractivity (Wildman–Crippen MR) is 74.6 cm³/mol. The van der Waals surface area contributed by atoms with E-state index in [0.717, 1.165) is 0 Å². The normalized spacial score (nSPS) is 24.8. The maximum Gasteiger partial charge on any atom is 0.243 e. The van der Waals surface area contributed by atoms with Crippen molar-refractivity contribution in [2.75, 3.05) is 18.8 Å². The van der Waals surface area contributed by atoms with Gasteiger partial charge < -0.3 is 10.8 Å². The number of hydrogen-bond donors (Lipinski definition) is 2. The number of anilines is 1. The van der Waals surface area contributed by atoms with Gasteiger partial charge in [0, 0.05) is 23.8 Å². The maximum absolute atomic E-state index is 12.4. The molecule has 1 aromatic rings. The van der Waals surface area contributed by atoms with Crippen LogP contribution < -0.4 is 5.73 Å². The van der Waals surface area contributed by atoms with Crippen molar-refractivity contribution >= 4 is 27.3 Å². The third-order valence-corrected chi connectivity index (χ3v) is 5.63. The summed E-state index contributed by atoms with van der Waals surface area (Å²) in [4.78, 5) is 0.0679. The molecule has 19 heavy (non-hydrogen) atoms. The SMILES string of the molecule is Cc1c(N)cc(S(=O)(=O)N2CCC(C)(O)C2)cc1Cl. The summed E-state index contributed by atoms with van der Waals surface area (Å²) < 4.78 is 26.1. The van der Waals surface area contributed by atoms with Crippen LogP contribution in [0.5, 0.6) is 0 Å². The van der Waals surface area contributed by atoms with Crippen LogP contribution in [0.25, 0.3) is 0 Å². The molecule has 0 saturated carbocycles. The number of nitrogens with zero attached hydrogens (tertiary/aromatic N) is 1. The molecule has 1 heterocycles. The molecule has 0 bridgehead atoms. The van der Waals surface area contributed by atoms with Crippen molar-refractivity contribution in [1.29, 1.82) is 0 Å². The first-order chi connectivity index (χ1) is 8.63. The molecular weight excluding hydrogens is 288 g/mol. The van der Waals surface area contributed by atoms with Crippen molar-refractivity contribution in [1.82, 2.24) is 4.31 Å². The summed E-state index contributed by atoms with van der Waals surface area (Å²) in [6.07, 6.45) is 0.418. The summed E-state index contributed by atoms with van der Waals surface area (Å²) in [5.41, 5.74) is 5.78. The van der Waals surface area contributed by atoms with E-state index in [4.69, 9.17) is 17.3 Å². The third-order valence-electron chi connectivity index (χ3n) is 3.41. The molecule has 7 heteroatoms. The van der Waals surface area contributed by atoms with Crippen LogP contribution in [0.3, 0.4) is 0 Å². The van der Waals surface area contributed by atoms with Crippen molar-refractivity contribution < 1.29 is 13.5 Å². The molecule has 1 fully saturated rings. The summed E-state index contributed by atoms with van der Waals surface area (Å²) in [5.74, 6) is 0. The van der Waals surface area contributed by atoms with Gasteiger partial charge in [0.15, 0.2) is 0 Å². The Labute approximate surface area is 118 Å². The number of nitrogens with two attached hydrogens (primary N) is 1. The van der Waals surface area contributed by atoms with E-state index in [9.17, 15) is 13.5 Å². The molecule has 1 aliphatic heterocycles. The van der Waals surface area contributed by atoms with Gasteiger partial charge in [0.25, 0.3) is 0 Å². The first-order valence-electron chi connectivity index (χ1n) is 5.92. The number of halogens is 1. The minimum absolute atomic E-state index is 0.0679. The average molecular weight is 305 g/mol. The third kappa shape index (κ3) is 2.72. The van der Waals surface area contributed by atoms with Crippen LogP contribution in [0.2, 0.25) is 5.02 Å². The van der Waals surface area contributed by atoms with Gasteiger partial charge in [-0.05, 0) is 38.0 Å². The van der Waals surface area contributed by atoms with E-state index in [0.29, 0.717) is 29.2 Å². The molecule has 1 saturated heterocycles. The highest BCUT2D eigenvalue weighted by molar-refractivity contribution is 7.89. The number of rotatable bonds is 2.